The van der Waals surface area contributed by atoms with E-state index in [9.17, 15) is 9.59 Å². The Bertz CT molecular complexity index is 384. The van der Waals surface area contributed by atoms with E-state index in [0.29, 0.717) is 17.1 Å². The van der Waals surface area contributed by atoms with Gasteiger partial charge >= 0.3 is 5.97 Å². The average molecular weight is 227 g/mol. The SMILES string of the molecule is CCCCC(=O)c1nc(C)c(C(=O)O)s1. The minimum atomic E-state index is -1.01. The number of carboxylic acid groups (broad SMARTS) is 1. The first kappa shape index (κ1) is 11.8. The number of hydrogen-bond acceptors (Lipinski definition) is 4. The summed E-state index contributed by atoms with van der Waals surface area (Å²) in [5.74, 6) is -1.07. The van der Waals surface area contributed by atoms with Gasteiger partial charge < -0.3 is 5.11 Å². The molecule has 0 unspecified atom stereocenters. The quantitative estimate of drug-likeness (QED) is 0.785. The van der Waals surface area contributed by atoms with Crippen LogP contribution in [0, 0.1) is 6.92 Å². The van der Waals surface area contributed by atoms with E-state index in [0.717, 1.165) is 24.2 Å². The molecule has 0 radical (unpaired) electrons. The first-order chi connectivity index (χ1) is 7.06. The third-order valence-corrected chi connectivity index (χ3v) is 3.17. The highest BCUT2D eigenvalue weighted by Crippen LogP contribution is 2.19. The maximum atomic E-state index is 11.5. The number of Topliss-reactive ketones (excluding diaryl/α,β-unsaturated/α-hetero) is 1. The lowest BCUT2D eigenvalue weighted by Crippen LogP contribution is -1.97. The number of aryl methyl sites for hydroxylation is 1. The van der Waals surface area contributed by atoms with Gasteiger partial charge in [-0.1, -0.05) is 13.3 Å². The Balaban J connectivity index is 2.83. The Morgan fingerprint density at radius 2 is 2.13 bits per heavy atom. The highest BCUT2D eigenvalue weighted by Gasteiger charge is 2.17. The largest absolute Gasteiger partial charge is 0.477 e. The van der Waals surface area contributed by atoms with Crippen LogP contribution in [0.2, 0.25) is 0 Å². The molecule has 0 bridgehead atoms. The second-order valence-electron chi connectivity index (χ2n) is 3.27. The molecular formula is C10H13NO3S. The van der Waals surface area contributed by atoms with E-state index in [1.807, 2.05) is 6.92 Å². The molecule has 0 aliphatic heterocycles. The van der Waals surface area contributed by atoms with Crippen LogP contribution in [0.1, 0.15) is 51.4 Å². The van der Waals surface area contributed by atoms with Crippen LogP contribution in [0.4, 0.5) is 0 Å². The van der Waals surface area contributed by atoms with Gasteiger partial charge in [0.25, 0.3) is 0 Å². The Hall–Kier alpha value is -1.23. The van der Waals surface area contributed by atoms with Crippen molar-refractivity contribution in [2.75, 3.05) is 0 Å². The number of unbranched alkanes of at least 4 members (excludes halogenated alkanes) is 1. The Labute approximate surface area is 92.0 Å². The number of carbonyl (C=O) groups excluding carboxylic acids is 1. The number of hydrogen-bond donors (Lipinski definition) is 1. The van der Waals surface area contributed by atoms with Crippen LogP contribution >= 0.6 is 11.3 Å². The standard InChI is InChI=1S/C10H13NO3S/c1-3-4-5-7(12)9-11-6(2)8(15-9)10(13)14/h3-5H2,1-2H3,(H,13,14). The summed E-state index contributed by atoms with van der Waals surface area (Å²) in [4.78, 5) is 26.4. The topological polar surface area (TPSA) is 67.3 Å². The lowest BCUT2D eigenvalue weighted by atomic mass is 10.2. The van der Waals surface area contributed by atoms with Crippen molar-refractivity contribution in [1.82, 2.24) is 4.98 Å². The van der Waals surface area contributed by atoms with Crippen molar-refractivity contribution < 1.29 is 14.7 Å². The van der Waals surface area contributed by atoms with Gasteiger partial charge in [0.1, 0.15) is 4.88 Å². The highest BCUT2D eigenvalue weighted by atomic mass is 32.1. The molecule has 0 saturated heterocycles. The van der Waals surface area contributed by atoms with E-state index in [1.165, 1.54) is 0 Å². The minimum Gasteiger partial charge on any atom is -0.477 e. The summed E-state index contributed by atoms with van der Waals surface area (Å²) in [5, 5.41) is 9.11. The van der Waals surface area contributed by atoms with Crippen molar-refractivity contribution >= 4 is 23.1 Å². The summed E-state index contributed by atoms with van der Waals surface area (Å²) in [7, 11) is 0. The zero-order valence-corrected chi connectivity index (χ0v) is 9.56. The normalized spacial score (nSPS) is 10.3. The minimum absolute atomic E-state index is 0.0579. The predicted molar refractivity (Wildman–Crippen MR) is 57.7 cm³/mol. The van der Waals surface area contributed by atoms with Gasteiger partial charge in [0.05, 0.1) is 5.69 Å². The van der Waals surface area contributed by atoms with Gasteiger partial charge in [0, 0.05) is 6.42 Å². The van der Waals surface area contributed by atoms with Crippen LogP contribution in [0.25, 0.3) is 0 Å². The molecule has 1 rings (SSSR count). The molecule has 0 atom stereocenters. The van der Waals surface area contributed by atoms with E-state index in [2.05, 4.69) is 4.98 Å². The second-order valence-corrected chi connectivity index (χ2v) is 4.26. The Morgan fingerprint density at radius 3 is 2.60 bits per heavy atom. The van der Waals surface area contributed by atoms with Crippen molar-refractivity contribution in [3.8, 4) is 0 Å². The Morgan fingerprint density at radius 1 is 1.47 bits per heavy atom. The molecule has 1 aromatic heterocycles. The molecule has 0 aliphatic rings. The molecule has 0 spiro atoms. The molecule has 0 aromatic carbocycles. The van der Waals surface area contributed by atoms with Gasteiger partial charge in [0.2, 0.25) is 0 Å². The number of carboxylic acids is 1. The predicted octanol–water partition coefficient (Wildman–Crippen LogP) is 2.52. The van der Waals surface area contributed by atoms with Crippen molar-refractivity contribution in [2.24, 2.45) is 0 Å². The van der Waals surface area contributed by atoms with Gasteiger partial charge in [0.15, 0.2) is 10.8 Å². The van der Waals surface area contributed by atoms with Gasteiger partial charge in [-0.25, -0.2) is 9.78 Å². The van der Waals surface area contributed by atoms with Gasteiger partial charge in [-0.2, -0.15) is 0 Å². The fourth-order valence-corrected chi connectivity index (χ4v) is 2.03. The summed E-state index contributed by atoms with van der Waals surface area (Å²) >= 11 is 0.966. The molecule has 0 aliphatic carbocycles. The van der Waals surface area contributed by atoms with Gasteiger partial charge in [-0.05, 0) is 13.3 Å². The zero-order valence-electron chi connectivity index (χ0n) is 8.74. The molecule has 0 amide bonds. The fraction of sp³-hybridized carbons (Fsp3) is 0.500. The van der Waals surface area contributed by atoms with Crippen LogP contribution in [0.5, 0.6) is 0 Å². The smallest absolute Gasteiger partial charge is 0.347 e. The number of aromatic nitrogens is 1. The number of thiazole rings is 1. The molecule has 1 N–H and O–H groups in total. The summed E-state index contributed by atoms with van der Waals surface area (Å²) in [6, 6.07) is 0. The monoisotopic (exact) mass is 227 g/mol. The molecule has 1 heterocycles. The summed E-state index contributed by atoms with van der Waals surface area (Å²) in [6.07, 6.45) is 2.21. The average Bonchev–Trinajstić information content (AvgIpc) is 2.56. The maximum absolute atomic E-state index is 11.5. The maximum Gasteiger partial charge on any atom is 0.347 e. The molecule has 15 heavy (non-hydrogen) atoms. The van der Waals surface area contributed by atoms with E-state index >= 15 is 0 Å². The Kier molecular flexibility index (Phi) is 3.96. The second kappa shape index (κ2) is 5.02. The molecule has 82 valence electrons. The molecule has 5 heteroatoms. The van der Waals surface area contributed by atoms with Crippen molar-refractivity contribution in [3.05, 3.63) is 15.6 Å². The van der Waals surface area contributed by atoms with Gasteiger partial charge in [-0.3, -0.25) is 4.79 Å². The number of aromatic carboxylic acids is 1. The molecule has 1 aromatic rings. The van der Waals surface area contributed by atoms with E-state index in [4.69, 9.17) is 5.11 Å². The highest BCUT2D eigenvalue weighted by molar-refractivity contribution is 7.15. The number of ketones is 1. The van der Waals surface area contributed by atoms with Crippen LogP contribution in [0.3, 0.4) is 0 Å². The van der Waals surface area contributed by atoms with Crippen molar-refractivity contribution in [3.63, 3.8) is 0 Å². The van der Waals surface area contributed by atoms with Crippen molar-refractivity contribution in [1.29, 1.82) is 0 Å². The van der Waals surface area contributed by atoms with Crippen LogP contribution in [-0.4, -0.2) is 21.8 Å². The molecule has 0 fully saturated rings. The van der Waals surface area contributed by atoms with Crippen LogP contribution in [-0.2, 0) is 0 Å². The fourth-order valence-electron chi connectivity index (χ4n) is 1.16. The number of rotatable bonds is 5. The molecule has 4 nitrogen and oxygen atoms in total. The summed E-state index contributed by atoms with van der Waals surface area (Å²) in [6.45, 7) is 3.61. The molecule has 0 saturated carbocycles. The van der Waals surface area contributed by atoms with E-state index in [-0.39, 0.29) is 10.7 Å². The van der Waals surface area contributed by atoms with Crippen LogP contribution in [0.15, 0.2) is 0 Å². The lowest BCUT2D eigenvalue weighted by molar-refractivity contribution is 0.0701. The third-order valence-electron chi connectivity index (χ3n) is 1.99. The molecular weight excluding hydrogens is 214 g/mol. The summed E-state index contributed by atoms with van der Waals surface area (Å²) < 4.78 is 0. The number of nitrogens with zero attached hydrogens (tertiary/aromatic N) is 1. The first-order valence-corrected chi connectivity index (χ1v) is 5.61. The third kappa shape index (κ3) is 2.86. The van der Waals surface area contributed by atoms with E-state index < -0.39 is 5.97 Å². The first-order valence-electron chi connectivity index (χ1n) is 4.80. The lowest BCUT2D eigenvalue weighted by Gasteiger charge is -1.92. The van der Waals surface area contributed by atoms with E-state index in [1.54, 1.807) is 6.92 Å². The zero-order chi connectivity index (χ0) is 11.4. The summed E-state index contributed by atoms with van der Waals surface area (Å²) in [5.41, 5.74) is 0.423. The number of carbonyl (C=O) groups is 2. The van der Waals surface area contributed by atoms with Crippen LogP contribution < -0.4 is 0 Å². The van der Waals surface area contributed by atoms with Crippen molar-refractivity contribution in [2.45, 2.75) is 33.1 Å². The van der Waals surface area contributed by atoms with Gasteiger partial charge in [-0.15, -0.1) is 11.3 Å².